The number of carbonyl (C=O) groups excluding carboxylic acids is 2. The number of rotatable bonds is 3. The van der Waals surface area contributed by atoms with E-state index in [0.29, 0.717) is 5.56 Å². The van der Waals surface area contributed by atoms with Crippen molar-refractivity contribution in [3.63, 3.8) is 0 Å². The number of hydrogen-bond acceptors (Lipinski definition) is 3. The monoisotopic (exact) mass is 269 g/mol. The molecule has 0 aliphatic rings. The fourth-order valence-corrected chi connectivity index (χ4v) is 1.22. The smallest absolute Gasteiger partial charge is 0.313 e. The van der Waals surface area contributed by atoms with Gasteiger partial charge in [-0.2, -0.15) is 0 Å². The molecule has 0 spiro atoms. The highest BCUT2D eigenvalue weighted by Gasteiger charge is 2.15. The molecule has 0 heterocycles. The maximum Gasteiger partial charge on any atom is 0.313 e. The lowest BCUT2D eigenvalue weighted by Crippen LogP contribution is -2.39. The topological polar surface area (TPSA) is 84.2 Å². The van der Waals surface area contributed by atoms with E-state index in [1.807, 2.05) is 0 Å². The van der Waals surface area contributed by atoms with E-state index in [1.165, 1.54) is 12.1 Å². The van der Waals surface area contributed by atoms with Crippen LogP contribution in [0.2, 0.25) is 0 Å². The number of benzene rings is 1. The minimum absolute atomic E-state index is 0.0534. The van der Waals surface area contributed by atoms with E-state index >= 15 is 0 Å². The van der Waals surface area contributed by atoms with Crippen LogP contribution in [0.15, 0.2) is 18.2 Å². The zero-order valence-corrected chi connectivity index (χ0v) is 10.4. The van der Waals surface area contributed by atoms with Crippen molar-refractivity contribution in [2.75, 3.05) is 11.9 Å². The molecule has 4 N–H and O–H groups in total. The van der Waals surface area contributed by atoms with Crippen LogP contribution in [0.1, 0.15) is 5.56 Å². The van der Waals surface area contributed by atoms with Crippen molar-refractivity contribution in [1.29, 1.82) is 0 Å². The van der Waals surface area contributed by atoms with Gasteiger partial charge in [-0.3, -0.25) is 9.59 Å². The van der Waals surface area contributed by atoms with Gasteiger partial charge in [-0.05, 0) is 24.6 Å². The first-order valence-corrected chi connectivity index (χ1v) is 5.44. The van der Waals surface area contributed by atoms with Crippen LogP contribution in [-0.2, 0) is 9.59 Å². The Kier molecular flexibility index (Phi) is 4.73. The highest BCUT2D eigenvalue weighted by Crippen LogP contribution is 2.14. The second kappa shape index (κ2) is 6.06. The van der Waals surface area contributed by atoms with Gasteiger partial charge in [0.05, 0.1) is 17.2 Å². The quantitative estimate of drug-likeness (QED) is 0.550. The number of hydrogen-bond donors (Lipinski definition) is 3. The maximum absolute atomic E-state index is 13.4. The van der Waals surface area contributed by atoms with Gasteiger partial charge in [-0.1, -0.05) is 18.3 Å². The van der Waals surface area contributed by atoms with E-state index in [1.54, 1.807) is 13.0 Å². The molecule has 18 heavy (non-hydrogen) atoms. The molecule has 7 heteroatoms. The summed E-state index contributed by atoms with van der Waals surface area (Å²) in [6, 6.07) is 4.25. The number of halogens is 1. The summed E-state index contributed by atoms with van der Waals surface area (Å²) in [6.45, 7) is 1.63. The van der Waals surface area contributed by atoms with Crippen molar-refractivity contribution in [3.05, 3.63) is 29.6 Å². The van der Waals surface area contributed by atoms with Crippen LogP contribution in [0, 0.1) is 12.7 Å². The Labute approximate surface area is 109 Å². The molecule has 1 aromatic rings. The molecule has 0 saturated carbocycles. The zero-order valence-electron chi connectivity index (χ0n) is 9.62. The van der Waals surface area contributed by atoms with Crippen molar-refractivity contribution in [1.82, 2.24) is 5.32 Å². The molecule has 96 valence electrons. The van der Waals surface area contributed by atoms with E-state index in [0.717, 1.165) is 0 Å². The molecule has 0 aromatic heterocycles. The molecule has 1 rings (SSSR count). The van der Waals surface area contributed by atoms with Gasteiger partial charge < -0.3 is 16.4 Å². The fourth-order valence-electron chi connectivity index (χ4n) is 1.15. The molecule has 0 radical (unpaired) electrons. The highest BCUT2D eigenvalue weighted by atomic mass is 32.1. The van der Waals surface area contributed by atoms with Gasteiger partial charge in [0, 0.05) is 0 Å². The standard InChI is InChI=1S/C11H12FN3O2S/c1-6-2-3-8(7(12)4-6)15-11(17)10(16)14-5-9(13)18/h2-4H,5H2,1H3,(H2,13,18)(H,14,16)(H,15,17). The molecule has 2 amide bonds. The van der Waals surface area contributed by atoms with Crippen LogP contribution in [0.5, 0.6) is 0 Å². The molecule has 0 unspecified atom stereocenters. The molecule has 0 fully saturated rings. The number of thiocarbonyl (C=S) groups is 1. The molecule has 0 atom stereocenters. The number of nitrogens with one attached hydrogen (secondary N) is 2. The third-order valence-corrected chi connectivity index (χ3v) is 2.15. The third-order valence-electron chi connectivity index (χ3n) is 2.00. The predicted octanol–water partition coefficient (Wildman–Crippen LogP) is 0.475. The van der Waals surface area contributed by atoms with Crippen molar-refractivity contribution in [2.45, 2.75) is 6.92 Å². The van der Waals surface area contributed by atoms with Crippen molar-refractivity contribution in [3.8, 4) is 0 Å². The Bertz CT molecular complexity index is 505. The van der Waals surface area contributed by atoms with E-state index in [9.17, 15) is 14.0 Å². The normalized spacial score (nSPS) is 9.67. The van der Waals surface area contributed by atoms with E-state index in [2.05, 4.69) is 22.9 Å². The van der Waals surface area contributed by atoms with Crippen LogP contribution in [0.4, 0.5) is 10.1 Å². The largest absolute Gasteiger partial charge is 0.392 e. The van der Waals surface area contributed by atoms with Gasteiger partial charge in [0.15, 0.2) is 0 Å². The Morgan fingerprint density at radius 3 is 2.61 bits per heavy atom. The molecule has 0 bridgehead atoms. The Hall–Kier alpha value is -2.02. The summed E-state index contributed by atoms with van der Waals surface area (Å²) in [4.78, 5) is 22.7. The molecule has 5 nitrogen and oxygen atoms in total. The highest BCUT2D eigenvalue weighted by molar-refractivity contribution is 7.80. The number of anilines is 1. The van der Waals surface area contributed by atoms with Gasteiger partial charge in [-0.25, -0.2) is 4.39 Å². The first kappa shape index (κ1) is 14.0. The predicted molar refractivity (Wildman–Crippen MR) is 69.6 cm³/mol. The van der Waals surface area contributed by atoms with E-state index in [-0.39, 0.29) is 17.2 Å². The number of aryl methyl sites for hydroxylation is 1. The Morgan fingerprint density at radius 2 is 2.06 bits per heavy atom. The number of amides is 2. The van der Waals surface area contributed by atoms with Crippen LogP contribution >= 0.6 is 12.2 Å². The average Bonchev–Trinajstić information content (AvgIpc) is 2.29. The SMILES string of the molecule is Cc1ccc(NC(=O)C(=O)NCC(N)=S)c(F)c1. The Morgan fingerprint density at radius 1 is 1.39 bits per heavy atom. The van der Waals surface area contributed by atoms with Gasteiger partial charge in [-0.15, -0.1) is 0 Å². The molecular weight excluding hydrogens is 257 g/mol. The summed E-state index contributed by atoms with van der Waals surface area (Å²) in [5.74, 6) is -2.51. The second-order valence-corrected chi connectivity index (χ2v) is 4.11. The van der Waals surface area contributed by atoms with Gasteiger partial charge in [0.2, 0.25) is 0 Å². The summed E-state index contributed by atoms with van der Waals surface area (Å²) < 4.78 is 13.4. The molecule has 0 aliphatic carbocycles. The van der Waals surface area contributed by atoms with Crippen molar-refractivity contribution >= 4 is 34.7 Å². The van der Waals surface area contributed by atoms with Crippen LogP contribution in [0.25, 0.3) is 0 Å². The summed E-state index contributed by atoms with van der Waals surface area (Å²) in [5, 5.41) is 4.34. The lowest BCUT2D eigenvalue weighted by molar-refractivity contribution is -0.135. The Balaban J connectivity index is 2.64. The molecule has 0 aliphatic heterocycles. The summed E-state index contributed by atoms with van der Waals surface area (Å²) >= 11 is 4.54. The minimum Gasteiger partial charge on any atom is -0.392 e. The maximum atomic E-state index is 13.4. The third kappa shape index (κ3) is 4.10. The van der Waals surface area contributed by atoms with Crippen molar-refractivity contribution < 1.29 is 14.0 Å². The molecule has 1 aromatic carbocycles. The molecular formula is C11H12FN3O2S. The molecule has 0 saturated heterocycles. The van der Waals surface area contributed by atoms with Gasteiger partial charge in [0.1, 0.15) is 5.82 Å². The van der Waals surface area contributed by atoms with Crippen LogP contribution < -0.4 is 16.4 Å². The lowest BCUT2D eigenvalue weighted by Gasteiger charge is -2.07. The van der Waals surface area contributed by atoms with E-state index in [4.69, 9.17) is 5.73 Å². The van der Waals surface area contributed by atoms with Crippen molar-refractivity contribution in [2.24, 2.45) is 5.73 Å². The minimum atomic E-state index is -0.978. The summed E-state index contributed by atoms with van der Waals surface area (Å²) in [7, 11) is 0. The lowest BCUT2D eigenvalue weighted by atomic mass is 10.2. The fraction of sp³-hybridized carbons (Fsp3) is 0.182. The number of nitrogens with two attached hydrogens (primary N) is 1. The zero-order chi connectivity index (χ0) is 13.7. The summed E-state index contributed by atoms with van der Waals surface area (Å²) in [6.07, 6.45) is 0. The second-order valence-electron chi connectivity index (χ2n) is 3.59. The first-order valence-electron chi connectivity index (χ1n) is 5.04. The van der Waals surface area contributed by atoms with Gasteiger partial charge >= 0.3 is 11.8 Å². The van der Waals surface area contributed by atoms with Gasteiger partial charge in [0.25, 0.3) is 0 Å². The summed E-state index contributed by atoms with van der Waals surface area (Å²) in [5.41, 5.74) is 5.81. The average molecular weight is 269 g/mol. The first-order chi connectivity index (χ1) is 8.40. The van der Waals surface area contributed by atoms with Crippen LogP contribution in [0.3, 0.4) is 0 Å². The van der Waals surface area contributed by atoms with Crippen LogP contribution in [-0.4, -0.2) is 23.3 Å². The van der Waals surface area contributed by atoms with E-state index < -0.39 is 17.6 Å². The number of carbonyl (C=O) groups is 2.